The topological polar surface area (TPSA) is 74.5 Å². The summed E-state index contributed by atoms with van der Waals surface area (Å²) in [5.41, 5.74) is 4.92. The van der Waals surface area contributed by atoms with Crippen molar-refractivity contribution in [3.05, 3.63) is 94.5 Å². The number of aromatic nitrogens is 3. The van der Waals surface area contributed by atoms with Crippen molar-refractivity contribution in [3.63, 3.8) is 0 Å². The van der Waals surface area contributed by atoms with Crippen molar-refractivity contribution in [3.8, 4) is 11.1 Å². The molecule has 3 heterocycles. The van der Waals surface area contributed by atoms with Crippen LogP contribution in [0.2, 0.25) is 0 Å². The lowest BCUT2D eigenvalue weighted by Gasteiger charge is -2.18. The number of carbonyl (C=O) groups is 1. The van der Waals surface area contributed by atoms with Crippen molar-refractivity contribution in [1.29, 1.82) is 0 Å². The molecule has 41 heavy (non-hydrogen) atoms. The van der Waals surface area contributed by atoms with Crippen LogP contribution in [0.15, 0.2) is 48.9 Å². The van der Waals surface area contributed by atoms with Crippen molar-refractivity contribution < 1.29 is 35.9 Å². The molecular weight excluding hydrogens is 550 g/mol. The Kier molecular flexibility index (Phi) is 6.80. The van der Waals surface area contributed by atoms with Gasteiger partial charge in [-0.15, -0.1) is 0 Å². The molecule has 5 aromatic rings. The summed E-state index contributed by atoms with van der Waals surface area (Å²) in [5.74, 6) is -5.31. The molecule has 212 valence electrons. The second-order valence-electron chi connectivity index (χ2n) is 9.26. The summed E-state index contributed by atoms with van der Waals surface area (Å²) in [6.45, 7) is 3.65. The normalized spacial score (nSPS) is 12.2. The van der Waals surface area contributed by atoms with Gasteiger partial charge in [0.25, 0.3) is 0 Å². The molecule has 0 aliphatic heterocycles. The Hall–Kier alpha value is -4.74. The van der Waals surface area contributed by atoms with Crippen molar-refractivity contribution in [2.75, 3.05) is 12.3 Å². The average molecular weight is 573 g/mol. The van der Waals surface area contributed by atoms with Gasteiger partial charge in [-0.25, -0.2) is 18.2 Å². The van der Waals surface area contributed by atoms with Crippen LogP contribution in [0.3, 0.4) is 0 Å². The largest absolute Gasteiger partial charge is 0.501 e. The molecule has 3 aromatic heterocycles. The van der Waals surface area contributed by atoms with Gasteiger partial charge in [-0.2, -0.15) is 13.2 Å². The van der Waals surface area contributed by atoms with E-state index in [-0.39, 0.29) is 51.2 Å². The second kappa shape index (κ2) is 10.0. The van der Waals surface area contributed by atoms with Crippen LogP contribution in [-0.4, -0.2) is 26.3 Å². The van der Waals surface area contributed by atoms with Crippen LogP contribution in [0.5, 0.6) is 0 Å². The van der Waals surface area contributed by atoms with Gasteiger partial charge < -0.3 is 19.4 Å². The molecule has 0 unspecified atom stereocenters. The minimum Gasteiger partial charge on any atom is -0.501 e. The number of aryl methyl sites for hydroxylation is 2. The predicted molar refractivity (Wildman–Crippen MR) is 142 cm³/mol. The number of hydrogen-bond acceptors (Lipinski definition) is 4. The zero-order valence-corrected chi connectivity index (χ0v) is 21.9. The van der Waals surface area contributed by atoms with Crippen LogP contribution in [-0.2, 0) is 18.0 Å². The van der Waals surface area contributed by atoms with Gasteiger partial charge in [0.2, 0.25) is 5.78 Å². The minimum absolute atomic E-state index is 0.0224. The molecule has 2 N–H and O–H groups in total. The van der Waals surface area contributed by atoms with Crippen molar-refractivity contribution in [2.45, 2.75) is 20.0 Å². The Morgan fingerprint density at radius 3 is 2.44 bits per heavy atom. The van der Waals surface area contributed by atoms with Crippen LogP contribution >= 0.6 is 0 Å². The summed E-state index contributed by atoms with van der Waals surface area (Å²) in [5, 5.41) is 0. The molecule has 0 bridgehead atoms. The minimum atomic E-state index is -4.82. The maximum atomic E-state index is 14.5. The molecule has 0 aliphatic carbocycles. The van der Waals surface area contributed by atoms with E-state index in [1.54, 1.807) is 20.9 Å². The fourth-order valence-corrected chi connectivity index (χ4v) is 4.82. The van der Waals surface area contributed by atoms with E-state index in [0.29, 0.717) is 18.0 Å². The highest BCUT2D eigenvalue weighted by Crippen LogP contribution is 2.45. The molecule has 0 spiro atoms. The fourth-order valence-electron chi connectivity index (χ4n) is 4.82. The highest BCUT2D eigenvalue weighted by atomic mass is 19.4. The first-order valence-corrected chi connectivity index (χ1v) is 12.3. The molecule has 0 radical (unpaired) electrons. The van der Waals surface area contributed by atoms with Crippen LogP contribution in [0.4, 0.5) is 32.0 Å². The zero-order chi connectivity index (χ0) is 29.8. The Balaban J connectivity index is 1.86. The number of nitrogens with zero attached hydrogens (tertiary/aromatic N) is 3. The second-order valence-corrected chi connectivity index (χ2v) is 9.26. The number of pyridine rings is 1. The number of ketones is 1. The van der Waals surface area contributed by atoms with E-state index in [1.807, 2.05) is 0 Å². The van der Waals surface area contributed by atoms with Crippen LogP contribution in [0, 0.1) is 24.4 Å². The third-order valence-electron chi connectivity index (χ3n) is 6.82. The summed E-state index contributed by atoms with van der Waals surface area (Å²) in [6.07, 6.45) is -0.666. The number of halogens is 6. The molecule has 0 amide bonds. The van der Waals surface area contributed by atoms with E-state index in [4.69, 9.17) is 10.5 Å². The first kappa shape index (κ1) is 27.8. The Bertz CT molecular complexity index is 1860. The summed E-state index contributed by atoms with van der Waals surface area (Å²) in [7, 11) is 1.58. The first-order chi connectivity index (χ1) is 19.3. The highest BCUT2D eigenvalue weighted by Gasteiger charge is 2.37. The van der Waals surface area contributed by atoms with Gasteiger partial charge in [0.15, 0.2) is 17.5 Å². The summed E-state index contributed by atoms with van der Waals surface area (Å²) < 4.78 is 93.1. The molecule has 0 atom stereocenters. The van der Waals surface area contributed by atoms with E-state index in [2.05, 4.69) is 4.98 Å². The van der Waals surface area contributed by atoms with Crippen molar-refractivity contribution >= 4 is 34.1 Å². The number of nitrogens with two attached hydrogens (primary N) is 1. The van der Waals surface area contributed by atoms with Gasteiger partial charge >= 0.3 is 6.18 Å². The zero-order valence-electron chi connectivity index (χ0n) is 21.9. The smallest absolute Gasteiger partial charge is 0.417 e. The number of hydrogen-bond donors (Lipinski definition) is 1. The van der Waals surface area contributed by atoms with E-state index in [9.17, 15) is 31.1 Å². The standard InChI is InChI=1S/C29H22F6N4O2/c1-4-41-9-7-15-12-22(28(40)16-10-19(30)24(32)20(31)11-16)39-8-5-6-17(27(15)39)23-18(29(33,34)35)13-21-26(25(23)36)37-14(2)38(21)3/h5-13H,4,36H2,1-3H3. The lowest BCUT2D eigenvalue weighted by Crippen LogP contribution is -2.11. The number of imidazole rings is 1. The third kappa shape index (κ3) is 4.58. The summed E-state index contributed by atoms with van der Waals surface area (Å²) >= 11 is 0. The van der Waals surface area contributed by atoms with Gasteiger partial charge in [-0.1, -0.05) is 6.07 Å². The SMILES string of the molecule is CCOC=Cc1cc(C(=O)c2cc(F)c(F)c(F)c2)n2cccc(-c3c(C(F)(F)F)cc4c(nc(C)n4C)c3N)c12. The maximum absolute atomic E-state index is 14.5. The molecule has 0 saturated heterocycles. The molecule has 2 aromatic carbocycles. The number of benzene rings is 2. The number of rotatable bonds is 6. The lowest BCUT2D eigenvalue weighted by atomic mass is 9.95. The van der Waals surface area contributed by atoms with E-state index in [1.165, 1.54) is 45.7 Å². The fraction of sp³-hybridized carbons (Fsp3) is 0.172. The third-order valence-corrected chi connectivity index (χ3v) is 6.82. The van der Waals surface area contributed by atoms with E-state index >= 15 is 0 Å². The lowest BCUT2D eigenvalue weighted by molar-refractivity contribution is -0.137. The quantitative estimate of drug-likeness (QED) is 0.0778. The molecule has 12 heteroatoms. The summed E-state index contributed by atoms with van der Waals surface area (Å²) in [4.78, 5) is 17.8. The van der Waals surface area contributed by atoms with Crippen LogP contribution in [0.25, 0.3) is 33.8 Å². The molecule has 0 aliphatic rings. The summed E-state index contributed by atoms with van der Waals surface area (Å²) in [6, 6.07) is 6.24. The van der Waals surface area contributed by atoms with Gasteiger partial charge in [0.05, 0.1) is 40.8 Å². The molecule has 6 nitrogen and oxygen atoms in total. The number of ether oxygens (including phenoxy) is 1. The number of fused-ring (bicyclic) bond motifs is 2. The van der Waals surface area contributed by atoms with Crippen LogP contribution in [0.1, 0.15) is 39.9 Å². The van der Waals surface area contributed by atoms with Crippen molar-refractivity contribution in [1.82, 2.24) is 14.0 Å². The van der Waals surface area contributed by atoms with Gasteiger partial charge in [-0.05, 0) is 50.3 Å². The molecule has 0 saturated carbocycles. The molecule has 0 fully saturated rings. The first-order valence-electron chi connectivity index (χ1n) is 12.3. The Morgan fingerprint density at radius 1 is 1.12 bits per heavy atom. The monoisotopic (exact) mass is 572 g/mol. The number of anilines is 1. The van der Waals surface area contributed by atoms with E-state index in [0.717, 1.165) is 6.07 Å². The van der Waals surface area contributed by atoms with Crippen molar-refractivity contribution in [2.24, 2.45) is 7.05 Å². The molecule has 5 rings (SSSR count). The number of nitrogen functional groups attached to an aromatic ring is 1. The Morgan fingerprint density at radius 2 is 1.80 bits per heavy atom. The van der Waals surface area contributed by atoms with Gasteiger partial charge in [0.1, 0.15) is 11.3 Å². The van der Waals surface area contributed by atoms with Gasteiger partial charge in [0, 0.05) is 35.5 Å². The number of alkyl halides is 3. The predicted octanol–water partition coefficient (Wildman–Crippen LogP) is 7.06. The average Bonchev–Trinajstić information content (AvgIpc) is 3.43. The maximum Gasteiger partial charge on any atom is 0.417 e. The van der Waals surface area contributed by atoms with Crippen LogP contribution < -0.4 is 5.73 Å². The Labute approximate surface area is 229 Å². The van der Waals surface area contributed by atoms with Gasteiger partial charge in [-0.3, -0.25) is 4.79 Å². The number of carbonyl (C=O) groups excluding carboxylic acids is 1. The highest BCUT2D eigenvalue weighted by molar-refractivity contribution is 6.11. The van der Waals surface area contributed by atoms with E-state index < -0.39 is 40.5 Å². The molecular formula is C29H22F6N4O2.